The van der Waals surface area contributed by atoms with Crippen molar-refractivity contribution >= 4 is 29.9 Å². The standard InChI is InChI=1S/C13H18FN3.HI/c1-9-8-11(14)3-2-10(9)6-7-16-13(15)17-12-4-5-12;/h2-3,8,12H,4-7H2,1H3,(H3,15,16,17);1H. The summed E-state index contributed by atoms with van der Waals surface area (Å²) in [5.41, 5.74) is 7.81. The van der Waals surface area contributed by atoms with Crippen LogP contribution in [0, 0.1) is 12.7 Å². The highest BCUT2D eigenvalue weighted by molar-refractivity contribution is 14.0. The number of hydrogen-bond acceptors (Lipinski definition) is 1. The highest BCUT2D eigenvalue weighted by Gasteiger charge is 2.21. The summed E-state index contributed by atoms with van der Waals surface area (Å²) in [5.74, 6) is 0.330. The largest absolute Gasteiger partial charge is 0.370 e. The molecule has 5 heteroatoms. The first kappa shape index (κ1) is 15.2. The minimum absolute atomic E-state index is 0. The topological polar surface area (TPSA) is 50.4 Å². The van der Waals surface area contributed by atoms with Crippen LogP contribution >= 0.6 is 24.0 Å². The van der Waals surface area contributed by atoms with Crippen molar-refractivity contribution in [3.05, 3.63) is 35.1 Å². The van der Waals surface area contributed by atoms with Gasteiger partial charge >= 0.3 is 0 Å². The molecule has 0 saturated heterocycles. The van der Waals surface area contributed by atoms with Crippen LogP contribution in [-0.4, -0.2) is 18.5 Å². The molecule has 1 aromatic rings. The number of guanidine groups is 1. The normalized spacial score (nSPS) is 15.1. The summed E-state index contributed by atoms with van der Waals surface area (Å²) < 4.78 is 12.9. The van der Waals surface area contributed by atoms with Crippen molar-refractivity contribution in [2.45, 2.75) is 32.2 Å². The van der Waals surface area contributed by atoms with E-state index in [1.807, 2.05) is 13.0 Å². The number of rotatable bonds is 4. The van der Waals surface area contributed by atoms with Gasteiger partial charge in [-0.05, 0) is 49.4 Å². The number of halogens is 2. The highest BCUT2D eigenvalue weighted by atomic mass is 127. The maximum atomic E-state index is 12.9. The average Bonchev–Trinajstić information content (AvgIpc) is 3.05. The van der Waals surface area contributed by atoms with Crippen molar-refractivity contribution in [1.29, 1.82) is 0 Å². The van der Waals surface area contributed by atoms with Gasteiger partial charge in [0.05, 0.1) is 0 Å². The van der Waals surface area contributed by atoms with Crippen molar-refractivity contribution in [2.75, 3.05) is 6.54 Å². The Morgan fingerprint density at radius 2 is 2.22 bits per heavy atom. The Bertz CT molecular complexity index is 430. The molecule has 1 fully saturated rings. The Morgan fingerprint density at radius 1 is 1.50 bits per heavy atom. The van der Waals surface area contributed by atoms with Gasteiger partial charge in [-0.25, -0.2) is 4.39 Å². The van der Waals surface area contributed by atoms with Crippen molar-refractivity contribution in [2.24, 2.45) is 10.7 Å². The molecule has 0 unspecified atom stereocenters. The molecule has 0 spiro atoms. The van der Waals surface area contributed by atoms with Gasteiger partial charge in [0.1, 0.15) is 5.82 Å². The number of aryl methyl sites for hydroxylation is 1. The lowest BCUT2D eigenvalue weighted by molar-refractivity contribution is 0.625. The van der Waals surface area contributed by atoms with E-state index in [-0.39, 0.29) is 29.8 Å². The maximum Gasteiger partial charge on any atom is 0.188 e. The van der Waals surface area contributed by atoms with E-state index in [2.05, 4.69) is 10.3 Å². The number of aliphatic imine (C=N–C) groups is 1. The fourth-order valence-corrected chi connectivity index (χ4v) is 1.72. The van der Waals surface area contributed by atoms with E-state index in [1.54, 1.807) is 6.07 Å². The van der Waals surface area contributed by atoms with Gasteiger partial charge in [-0.15, -0.1) is 24.0 Å². The van der Waals surface area contributed by atoms with Crippen molar-refractivity contribution in [3.8, 4) is 0 Å². The molecular formula is C13H19FIN3. The van der Waals surface area contributed by atoms with Crippen LogP contribution in [-0.2, 0) is 6.42 Å². The third-order valence-corrected chi connectivity index (χ3v) is 2.90. The number of nitrogens with zero attached hydrogens (tertiary/aromatic N) is 1. The van der Waals surface area contributed by atoms with Crippen LogP contribution in [0.1, 0.15) is 24.0 Å². The Hall–Kier alpha value is -0.850. The minimum atomic E-state index is -0.190. The van der Waals surface area contributed by atoms with E-state index in [0.717, 1.165) is 17.5 Å². The first-order valence-corrected chi connectivity index (χ1v) is 5.96. The molecule has 100 valence electrons. The smallest absolute Gasteiger partial charge is 0.188 e. The third kappa shape index (κ3) is 4.80. The Morgan fingerprint density at radius 3 is 2.83 bits per heavy atom. The first-order chi connectivity index (χ1) is 8.15. The van der Waals surface area contributed by atoms with Gasteiger partial charge in [0.2, 0.25) is 0 Å². The van der Waals surface area contributed by atoms with Crippen LogP contribution in [0.15, 0.2) is 23.2 Å². The predicted octanol–water partition coefficient (Wildman–Crippen LogP) is 2.36. The molecule has 18 heavy (non-hydrogen) atoms. The number of benzene rings is 1. The summed E-state index contributed by atoms with van der Waals surface area (Å²) in [5, 5.41) is 3.13. The molecule has 1 aromatic carbocycles. The molecule has 1 aliphatic carbocycles. The van der Waals surface area contributed by atoms with Crippen molar-refractivity contribution < 1.29 is 4.39 Å². The Balaban J connectivity index is 0.00000162. The summed E-state index contributed by atoms with van der Waals surface area (Å²) in [6.07, 6.45) is 3.17. The van der Waals surface area contributed by atoms with E-state index in [0.29, 0.717) is 18.5 Å². The van der Waals surface area contributed by atoms with Gasteiger partial charge in [0.15, 0.2) is 5.96 Å². The monoisotopic (exact) mass is 363 g/mol. The number of nitrogens with one attached hydrogen (secondary N) is 1. The van der Waals surface area contributed by atoms with Crippen LogP contribution in [0.4, 0.5) is 4.39 Å². The second-order valence-corrected chi connectivity index (χ2v) is 4.51. The molecule has 2 rings (SSSR count). The molecule has 0 aromatic heterocycles. The first-order valence-electron chi connectivity index (χ1n) is 5.96. The second-order valence-electron chi connectivity index (χ2n) is 4.51. The van der Waals surface area contributed by atoms with E-state index in [9.17, 15) is 4.39 Å². The average molecular weight is 363 g/mol. The quantitative estimate of drug-likeness (QED) is 0.490. The lowest BCUT2D eigenvalue weighted by Gasteiger charge is -2.05. The van der Waals surface area contributed by atoms with Crippen LogP contribution < -0.4 is 11.1 Å². The molecule has 1 aliphatic rings. The number of hydrogen-bond donors (Lipinski definition) is 2. The summed E-state index contributed by atoms with van der Waals surface area (Å²) in [4.78, 5) is 4.25. The summed E-state index contributed by atoms with van der Waals surface area (Å²) >= 11 is 0. The Kier molecular flexibility index (Phi) is 5.84. The van der Waals surface area contributed by atoms with Crippen LogP contribution in [0.5, 0.6) is 0 Å². The molecule has 0 atom stereocenters. The SMILES string of the molecule is Cc1cc(F)ccc1CCN=C(N)NC1CC1.I. The Labute approximate surface area is 124 Å². The lowest BCUT2D eigenvalue weighted by Crippen LogP contribution is -2.33. The summed E-state index contributed by atoms with van der Waals surface area (Å²) in [6, 6.07) is 5.37. The molecular weight excluding hydrogens is 344 g/mol. The van der Waals surface area contributed by atoms with E-state index < -0.39 is 0 Å². The fraction of sp³-hybridized carbons (Fsp3) is 0.462. The maximum absolute atomic E-state index is 12.9. The molecule has 0 amide bonds. The molecule has 0 bridgehead atoms. The lowest BCUT2D eigenvalue weighted by atomic mass is 10.1. The van der Waals surface area contributed by atoms with Gasteiger partial charge in [0.25, 0.3) is 0 Å². The van der Waals surface area contributed by atoms with Crippen molar-refractivity contribution in [1.82, 2.24) is 5.32 Å². The van der Waals surface area contributed by atoms with Crippen LogP contribution in [0.25, 0.3) is 0 Å². The molecule has 3 nitrogen and oxygen atoms in total. The van der Waals surface area contributed by atoms with Crippen LogP contribution in [0.3, 0.4) is 0 Å². The van der Waals surface area contributed by atoms with Gasteiger partial charge in [-0.1, -0.05) is 6.07 Å². The van der Waals surface area contributed by atoms with Crippen molar-refractivity contribution in [3.63, 3.8) is 0 Å². The molecule has 3 N–H and O–H groups in total. The fourth-order valence-electron chi connectivity index (χ4n) is 1.72. The summed E-state index contributed by atoms with van der Waals surface area (Å²) in [7, 11) is 0. The summed E-state index contributed by atoms with van der Waals surface area (Å²) in [6.45, 7) is 2.55. The minimum Gasteiger partial charge on any atom is -0.370 e. The number of nitrogens with two attached hydrogens (primary N) is 1. The van der Waals surface area contributed by atoms with E-state index >= 15 is 0 Å². The molecule has 0 aliphatic heterocycles. The zero-order chi connectivity index (χ0) is 12.3. The van der Waals surface area contributed by atoms with Gasteiger partial charge in [0, 0.05) is 12.6 Å². The predicted molar refractivity (Wildman–Crippen MR) is 82.9 cm³/mol. The molecule has 1 saturated carbocycles. The second kappa shape index (κ2) is 6.92. The zero-order valence-corrected chi connectivity index (χ0v) is 12.8. The van der Waals surface area contributed by atoms with Crippen LogP contribution in [0.2, 0.25) is 0 Å². The molecule has 0 radical (unpaired) electrons. The molecule has 0 heterocycles. The third-order valence-electron chi connectivity index (χ3n) is 2.90. The van der Waals surface area contributed by atoms with Gasteiger partial charge in [-0.3, -0.25) is 4.99 Å². The van der Waals surface area contributed by atoms with E-state index in [1.165, 1.54) is 18.9 Å². The van der Waals surface area contributed by atoms with Gasteiger partial charge in [-0.2, -0.15) is 0 Å². The zero-order valence-electron chi connectivity index (χ0n) is 10.4. The highest BCUT2D eigenvalue weighted by Crippen LogP contribution is 2.18. The van der Waals surface area contributed by atoms with E-state index in [4.69, 9.17) is 5.73 Å². The van der Waals surface area contributed by atoms with Gasteiger partial charge < -0.3 is 11.1 Å².